The van der Waals surface area contributed by atoms with Crippen molar-refractivity contribution in [2.24, 2.45) is 5.73 Å². The van der Waals surface area contributed by atoms with Gasteiger partial charge in [-0.15, -0.1) is 11.3 Å². The number of thiophene rings is 1. The highest BCUT2D eigenvalue weighted by Gasteiger charge is 2.23. The third kappa shape index (κ3) is 6.29. The maximum atomic E-state index is 13.2. The molecule has 0 bridgehead atoms. The van der Waals surface area contributed by atoms with E-state index < -0.39 is 18.6 Å². The quantitative estimate of drug-likeness (QED) is 0.250. The molecular weight excluding hydrogens is 514 g/mol. The fraction of sp³-hybridized carbons (Fsp3) is 0.333. The molecule has 3 aromatic heterocycles. The maximum Gasteiger partial charge on any atom is 0.387 e. The van der Waals surface area contributed by atoms with E-state index in [0.717, 1.165) is 16.9 Å². The minimum Gasteiger partial charge on any atom is -0.484 e. The Morgan fingerprint density at radius 3 is 2.55 bits per heavy atom. The maximum absolute atomic E-state index is 13.2. The summed E-state index contributed by atoms with van der Waals surface area (Å²) in [7, 11) is 0. The molecule has 3 heterocycles. The number of amides is 1. The van der Waals surface area contributed by atoms with E-state index in [4.69, 9.17) is 15.2 Å². The molecule has 1 atom stereocenters. The van der Waals surface area contributed by atoms with Gasteiger partial charge in [0, 0.05) is 29.9 Å². The number of hydrogen-bond donors (Lipinski definition) is 3. The van der Waals surface area contributed by atoms with Gasteiger partial charge in [0.05, 0.1) is 23.4 Å². The molecule has 8 nitrogen and oxygen atoms in total. The summed E-state index contributed by atoms with van der Waals surface area (Å²) in [4.78, 5) is 17.5. The normalized spacial score (nSPS) is 12.7. The number of pyridine rings is 1. The molecule has 0 aliphatic heterocycles. The number of fused-ring (bicyclic) bond motifs is 1. The summed E-state index contributed by atoms with van der Waals surface area (Å²) in [5, 5.41) is 12.8. The molecule has 1 unspecified atom stereocenters. The van der Waals surface area contributed by atoms with E-state index in [9.17, 15) is 18.7 Å². The van der Waals surface area contributed by atoms with Gasteiger partial charge in [0.2, 0.25) is 0 Å². The lowest BCUT2D eigenvalue weighted by Gasteiger charge is -2.22. The van der Waals surface area contributed by atoms with E-state index in [0.29, 0.717) is 33.9 Å². The predicted molar refractivity (Wildman–Crippen MR) is 142 cm³/mol. The number of nitrogens with two attached hydrogens (primary N) is 1. The molecule has 0 radical (unpaired) electrons. The van der Waals surface area contributed by atoms with Gasteiger partial charge in [0.1, 0.15) is 28.1 Å². The highest BCUT2D eigenvalue weighted by atomic mass is 32.1. The molecule has 4 aromatic rings. The van der Waals surface area contributed by atoms with Gasteiger partial charge in [-0.1, -0.05) is 18.2 Å². The second-order valence-corrected chi connectivity index (χ2v) is 10.9. The zero-order valence-corrected chi connectivity index (χ0v) is 22.3. The molecule has 4 N–H and O–H groups in total. The van der Waals surface area contributed by atoms with Crippen LogP contribution in [0.25, 0.3) is 16.2 Å². The van der Waals surface area contributed by atoms with Crippen LogP contribution in [0.15, 0.2) is 48.8 Å². The molecule has 0 saturated heterocycles. The Morgan fingerprint density at radius 2 is 1.89 bits per heavy atom. The molecule has 1 aromatic carbocycles. The smallest absolute Gasteiger partial charge is 0.387 e. The number of nitrogens with zero attached hydrogens (tertiary/aromatic N) is 2. The summed E-state index contributed by atoms with van der Waals surface area (Å²) >= 11 is 1.13. The number of nitrogens with one attached hydrogen (secondary N) is 1. The van der Waals surface area contributed by atoms with Crippen LogP contribution < -0.4 is 20.5 Å². The van der Waals surface area contributed by atoms with Crippen LogP contribution in [-0.4, -0.2) is 32.5 Å². The number of carbonyl (C=O) groups excluding carboxylic acids is 1. The predicted octanol–water partition coefficient (Wildman–Crippen LogP) is 5.28. The summed E-state index contributed by atoms with van der Waals surface area (Å²) in [6.07, 6.45) is 2.67. The van der Waals surface area contributed by atoms with Crippen molar-refractivity contribution in [3.63, 3.8) is 0 Å². The third-order valence-electron chi connectivity index (χ3n) is 5.78. The average Bonchev–Trinajstić information content (AvgIpc) is 3.45. The second kappa shape index (κ2) is 11.1. The number of alkyl halides is 2. The largest absolute Gasteiger partial charge is 0.484 e. The van der Waals surface area contributed by atoms with Crippen molar-refractivity contribution >= 4 is 22.9 Å². The molecule has 38 heavy (non-hydrogen) atoms. The van der Waals surface area contributed by atoms with E-state index in [-0.39, 0.29) is 28.5 Å². The third-order valence-corrected chi connectivity index (χ3v) is 6.94. The number of benzene rings is 1. The molecule has 0 aliphatic rings. The first-order chi connectivity index (χ1) is 17.9. The van der Waals surface area contributed by atoms with Crippen molar-refractivity contribution in [3.8, 4) is 22.1 Å². The Hall–Kier alpha value is -3.54. The minimum atomic E-state index is -3.01. The standard InChI is InChI=1S/C27H30F2N4O4S/c1-15(18-7-5-16(11-32-27(2,3)4)9-20(18)37-26(28)29)36-21-10-22(38-24(21)25(30)35)19-12-31-23-8-6-17(14-34)13-33(19)23/h5-10,12-13,15,26,32,34H,11,14H2,1-4H3,(H2,30,35). The number of aliphatic hydroxyl groups is 1. The SMILES string of the molecule is CC(Oc1cc(-c2cnc3ccc(CO)cn23)sc1C(N)=O)c1ccc(CNC(C)(C)C)cc1OC(F)F. The van der Waals surface area contributed by atoms with Gasteiger partial charge in [-0.05, 0) is 51.0 Å². The van der Waals surface area contributed by atoms with Crippen molar-refractivity contribution in [1.29, 1.82) is 0 Å². The highest BCUT2D eigenvalue weighted by Crippen LogP contribution is 2.40. The van der Waals surface area contributed by atoms with E-state index in [2.05, 4.69) is 10.3 Å². The Bertz CT molecular complexity index is 1440. The molecule has 0 spiro atoms. The van der Waals surface area contributed by atoms with Crippen LogP contribution in [0.5, 0.6) is 11.5 Å². The fourth-order valence-corrected chi connectivity index (χ4v) is 4.85. The molecule has 0 aliphatic carbocycles. The Kier molecular flexibility index (Phi) is 8.00. The van der Waals surface area contributed by atoms with Gasteiger partial charge in [-0.2, -0.15) is 8.78 Å². The molecule has 202 valence electrons. The molecule has 11 heteroatoms. The molecular formula is C27H30F2N4O4S. The number of rotatable bonds is 10. The van der Waals surface area contributed by atoms with Crippen LogP contribution in [0.1, 0.15) is 60.2 Å². The number of primary amides is 1. The zero-order valence-electron chi connectivity index (χ0n) is 21.5. The van der Waals surface area contributed by atoms with E-state index in [1.165, 1.54) is 0 Å². The molecule has 4 rings (SSSR count). The van der Waals surface area contributed by atoms with E-state index in [1.54, 1.807) is 54.0 Å². The van der Waals surface area contributed by atoms with Crippen molar-refractivity contribution in [2.75, 3.05) is 0 Å². The van der Waals surface area contributed by atoms with Crippen molar-refractivity contribution < 1.29 is 28.2 Å². The fourth-order valence-electron chi connectivity index (χ4n) is 3.90. The lowest BCUT2D eigenvalue weighted by molar-refractivity contribution is -0.0513. The van der Waals surface area contributed by atoms with Gasteiger partial charge in [0.25, 0.3) is 5.91 Å². The number of ether oxygens (including phenoxy) is 2. The first kappa shape index (κ1) is 27.5. The van der Waals surface area contributed by atoms with Gasteiger partial charge in [-0.25, -0.2) is 4.98 Å². The first-order valence-corrected chi connectivity index (χ1v) is 12.8. The highest BCUT2D eigenvalue weighted by molar-refractivity contribution is 7.17. The van der Waals surface area contributed by atoms with Crippen molar-refractivity contribution in [3.05, 3.63) is 70.4 Å². The van der Waals surface area contributed by atoms with Gasteiger partial charge >= 0.3 is 6.61 Å². The average molecular weight is 545 g/mol. The topological polar surface area (TPSA) is 111 Å². The van der Waals surface area contributed by atoms with Gasteiger partial charge < -0.3 is 25.6 Å². The van der Waals surface area contributed by atoms with Crippen molar-refractivity contribution in [2.45, 2.75) is 59.1 Å². The van der Waals surface area contributed by atoms with E-state index >= 15 is 0 Å². The lowest BCUT2D eigenvalue weighted by atomic mass is 10.0. The molecule has 1 amide bonds. The summed E-state index contributed by atoms with van der Waals surface area (Å²) < 4.78 is 39.2. The second-order valence-electron chi connectivity index (χ2n) is 9.85. The van der Waals surface area contributed by atoms with Crippen LogP contribution in [-0.2, 0) is 13.2 Å². The van der Waals surface area contributed by atoms with E-state index in [1.807, 2.05) is 26.8 Å². The van der Waals surface area contributed by atoms with Crippen LogP contribution in [0.4, 0.5) is 8.78 Å². The van der Waals surface area contributed by atoms with Crippen LogP contribution in [0, 0.1) is 0 Å². The van der Waals surface area contributed by atoms with Gasteiger partial charge in [0.15, 0.2) is 0 Å². The number of carbonyl (C=O) groups is 1. The minimum absolute atomic E-state index is 0.00453. The monoisotopic (exact) mass is 544 g/mol. The molecule has 0 fully saturated rings. The lowest BCUT2D eigenvalue weighted by Crippen LogP contribution is -2.35. The Morgan fingerprint density at radius 1 is 1.16 bits per heavy atom. The Labute approximate surface area is 223 Å². The van der Waals surface area contributed by atoms with Crippen LogP contribution >= 0.6 is 11.3 Å². The van der Waals surface area contributed by atoms with Crippen molar-refractivity contribution in [1.82, 2.24) is 14.7 Å². The number of imidazole rings is 1. The summed E-state index contributed by atoms with van der Waals surface area (Å²) in [6.45, 7) is 5.04. The van der Waals surface area contributed by atoms with Crippen LogP contribution in [0.2, 0.25) is 0 Å². The summed E-state index contributed by atoms with van der Waals surface area (Å²) in [6, 6.07) is 10.3. The number of aromatic nitrogens is 2. The van der Waals surface area contributed by atoms with Gasteiger partial charge in [-0.3, -0.25) is 9.20 Å². The zero-order chi connectivity index (χ0) is 27.6. The Balaban J connectivity index is 1.66. The number of hydrogen-bond acceptors (Lipinski definition) is 7. The van der Waals surface area contributed by atoms with Crippen LogP contribution in [0.3, 0.4) is 0 Å². The first-order valence-electron chi connectivity index (χ1n) is 12.0. The summed E-state index contributed by atoms with van der Waals surface area (Å²) in [5.41, 5.74) is 8.71. The number of aliphatic hydroxyl groups excluding tert-OH is 1. The number of halogens is 2. The molecule has 0 saturated carbocycles. The summed E-state index contributed by atoms with van der Waals surface area (Å²) in [5.74, 6) is -0.462.